The van der Waals surface area contributed by atoms with Gasteiger partial charge in [-0.25, -0.2) is 0 Å². The summed E-state index contributed by atoms with van der Waals surface area (Å²) in [6, 6.07) is 0. The Morgan fingerprint density at radius 2 is 2.40 bits per heavy atom. The van der Waals surface area contributed by atoms with E-state index in [1.807, 2.05) is 0 Å². The van der Waals surface area contributed by atoms with Gasteiger partial charge in [0.25, 0.3) is 0 Å². The molecule has 0 bridgehead atoms. The Labute approximate surface area is 59.0 Å². The van der Waals surface area contributed by atoms with Crippen molar-refractivity contribution < 1.29 is 19.6 Å². The summed E-state index contributed by atoms with van der Waals surface area (Å²) in [5.41, 5.74) is 1.58. The van der Waals surface area contributed by atoms with Crippen LogP contribution in [0.25, 0.3) is 0 Å². The Morgan fingerprint density at radius 3 is 2.80 bits per heavy atom. The van der Waals surface area contributed by atoms with E-state index in [2.05, 4.69) is 0 Å². The molecule has 2 atom stereocenters. The number of carbonyl (C=O) groups is 1. The molecule has 58 valence electrons. The number of amides is 1. The monoisotopic (exact) mass is 167 g/mol. The minimum atomic E-state index is -2.18. The van der Waals surface area contributed by atoms with Crippen molar-refractivity contribution >= 4 is 17.3 Å². The number of carbonyl (C=O) groups excluding carboxylic acids is 1. The van der Waals surface area contributed by atoms with E-state index < -0.39 is 22.3 Å². The van der Waals surface area contributed by atoms with Crippen molar-refractivity contribution in [2.45, 2.75) is 0 Å². The average Bonchev–Trinajstić information content (AvgIpc) is 1.54. The number of hydrogen-bond donors (Lipinski definition) is 3. The molecule has 0 aliphatic carbocycles. The number of hydrogen-bond acceptors (Lipinski definition) is 5. The molecule has 0 aromatic carbocycles. The number of rotatable bonds is 0. The molecular weight excluding hydrogens is 162 g/mol. The van der Waals surface area contributed by atoms with Crippen molar-refractivity contribution in [2.24, 2.45) is 0 Å². The molecule has 3 N–H and O–H groups in total. The van der Waals surface area contributed by atoms with Gasteiger partial charge in [-0.3, -0.25) is 4.79 Å². The van der Waals surface area contributed by atoms with E-state index in [0.717, 1.165) is 0 Å². The molecular formula is C2H5N3O4S. The Kier molecular flexibility index (Phi) is 1.81. The SMILES string of the molecule is O=C1C[S+]([O-])N[N+]([O-])(O)N1. The first-order valence-electron chi connectivity index (χ1n) is 2.30. The second-order valence-electron chi connectivity index (χ2n) is 1.69. The fourth-order valence-electron chi connectivity index (χ4n) is 0.513. The smallest absolute Gasteiger partial charge is 0.322 e. The van der Waals surface area contributed by atoms with Crippen LogP contribution in [0, 0.1) is 5.21 Å². The highest BCUT2D eigenvalue weighted by Gasteiger charge is 2.34. The van der Waals surface area contributed by atoms with Crippen molar-refractivity contribution in [3.63, 3.8) is 0 Å². The van der Waals surface area contributed by atoms with Crippen LogP contribution >= 0.6 is 0 Å². The van der Waals surface area contributed by atoms with Crippen molar-refractivity contribution in [2.75, 3.05) is 5.75 Å². The zero-order chi connectivity index (χ0) is 7.78. The fraction of sp³-hybridized carbons (Fsp3) is 0.500. The molecule has 1 rings (SSSR count). The van der Waals surface area contributed by atoms with Gasteiger partial charge in [0, 0.05) is 5.03 Å². The van der Waals surface area contributed by atoms with Gasteiger partial charge in [0.1, 0.15) is 11.4 Å². The summed E-state index contributed by atoms with van der Waals surface area (Å²) in [4.78, 5) is 12.0. The number of quaternary nitrogens is 1. The minimum Gasteiger partial charge on any atom is -0.593 e. The van der Waals surface area contributed by atoms with Crippen molar-refractivity contribution in [1.82, 2.24) is 10.3 Å². The lowest BCUT2D eigenvalue weighted by atomic mass is 10.7. The van der Waals surface area contributed by atoms with Gasteiger partial charge in [0.05, 0.1) is 4.83 Å². The van der Waals surface area contributed by atoms with E-state index >= 15 is 0 Å². The highest BCUT2D eigenvalue weighted by molar-refractivity contribution is 7.90. The van der Waals surface area contributed by atoms with Crippen LogP contribution in [0.4, 0.5) is 0 Å². The number of nitrogens with zero attached hydrogens (tertiary/aromatic N) is 1. The van der Waals surface area contributed by atoms with E-state index in [4.69, 9.17) is 5.21 Å². The van der Waals surface area contributed by atoms with Gasteiger partial charge in [0.15, 0.2) is 0 Å². The summed E-state index contributed by atoms with van der Waals surface area (Å²) in [6.07, 6.45) is 0. The van der Waals surface area contributed by atoms with Crippen LogP contribution in [0.5, 0.6) is 0 Å². The summed E-state index contributed by atoms with van der Waals surface area (Å²) in [7, 11) is 0. The summed E-state index contributed by atoms with van der Waals surface area (Å²) in [5.74, 6) is -1.07. The Bertz CT molecular complexity index is 161. The van der Waals surface area contributed by atoms with Gasteiger partial charge in [-0.05, 0) is 0 Å². The largest absolute Gasteiger partial charge is 0.593 e. The Hall–Kier alpha value is -0.380. The maximum Gasteiger partial charge on any atom is 0.322 e. The lowest BCUT2D eigenvalue weighted by Crippen LogP contribution is -2.69. The van der Waals surface area contributed by atoms with Crippen LogP contribution in [0.15, 0.2) is 0 Å². The lowest BCUT2D eigenvalue weighted by Gasteiger charge is -2.32. The van der Waals surface area contributed by atoms with E-state index in [-0.39, 0.29) is 5.75 Å². The fourth-order valence-corrected chi connectivity index (χ4v) is 1.20. The molecule has 0 spiro atoms. The Morgan fingerprint density at radius 1 is 1.80 bits per heavy atom. The number of nitrogens with one attached hydrogen (secondary N) is 2. The molecule has 10 heavy (non-hydrogen) atoms. The summed E-state index contributed by atoms with van der Waals surface area (Å²) in [6.45, 7) is 0. The van der Waals surface area contributed by atoms with Crippen LogP contribution in [0.3, 0.4) is 0 Å². The standard InChI is InChI=1S/C2H5N3O4S/c6-2-1-10(9)4-5(7,8)3-2/h4,7H,1H2,(H,3,6). The third kappa shape index (κ3) is 1.80. The summed E-state index contributed by atoms with van der Waals surface area (Å²) in [5, 5.41) is 16.7. The molecule has 8 heteroatoms. The predicted molar refractivity (Wildman–Crippen MR) is 29.7 cm³/mol. The Balaban J connectivity index is 2.59. The molecule has 1 amide bonds. The first-order valence-corrected chi connectivity index (χ1v) is 3.62. The third-order valence-electron chi connectivity index (χ3n) is 0.764. The quantitative estimate of drug-likeness (QED) is 0.218. The van der Waals surface area contributed by atoms with Gasteiger partial charge >= 0.3 is 5.91 Å². The predicted octanol–water partition coefficient (Wildman–Crippen LogP) is -2.10. The molecule has 1 saturated heterocycles. The molecule has 0 aromatic heterocycles. The molecule has 1 fully saturated rings. The molecule has 0 saturated carbocycles. The lowest BCUT2D eigenvalue weighted by molar-refractivity contribution is -1.12. The molecule has 0 aromatic rings. The topological polar surface area (TPSA) is 107 Å². The average molecular weight is 167 g/mol. The van der Waals surface area contributed by atoms with Crippen molar-refractivity contribution in [3.05, 3.63) is 5.21 Å². The molecule has 1 aliphatic rings. The van der Waals surface area contributed by atoms with E-state index in [1.54, 1.807) is 10.3 Å². The first kappa shape index (κ1) is 7.72. The maximum absolute atomic E-state index is 10.5. The van der Waals surface area contributed by atoms with E-state index in [1.165, 1.54) is 0 Å². The van der Waals surface area contributed by atoms with E-state index in [9.17, 15) is 14.6 Å². The van der Waals surface area contributed by atoms with Gasteiger partial charge in [-0.15, -0.1) is 5.43 Å². The summed E-state index contributed by atoms with van der Waals surface area (Å²) >= 11 is -1.79. The highest BCUT2D eigenvalue weighted by Crippen LogP contribution is 1.98. The van der Waals surface area contributed by atoms with Crippen LogP contribution in [-0.2, 0) is 16.2 Å². The molecule has 1 heterocycles. The van der Waals surface area contributed by atoms with Crippen LogP contribution in [-0.4, -0.2) is 26.4 Å². The third-order valence-corrected chi connectivity index (χ3v) is 1.74. The van der Waals surface area contributed by atoms with Crippen LogP contribution < -0.4 is 10.3 Å². The minimum absolute atomic E-state index is 0.317. The first-order chi connectivity index (χ1) is 4.49. The second-order valence-corrected chi connectivity index (χ2v) is 2.85. The molecule has 0 radical (unpaired) electrons. The van der Waals surface area contributed by atoms with Gasteiger partial charge in [-0.2, -0.15) is 5.21 Å². The highest BCUT2D eigenvalue weighted by atomic mass is 32.2. The van der Waals surface area contributed by atoms with Gasteiger partial charge in [0.2, 0.25) is 5.75 Å². The zero-order valence-corrected chi connectivity index (χ0v) is 5.55. The zero-order valence-electron chi connectivity index (χ0n) is 4.73. The van der Waals surface area contributed by atoms with Crippen molar-refractivity contribution in [1.29, 1.82) is 0 Å². The van der Waals surface area contributed by atoms with Crippen LogP contribution in [0.2, 0.25) is 0 Å². The molecule has 7 nitrogen and oxygen atoms in total. The van der Waals surface area contributed by atoms with Gasteiger partial charge < -0.3 is 9.76 Å². The van der Waals surface area contributed by atoms with Crippen LogP contribution in [0.1, 0.15) is 0 Å². The summed E-state index contributed by atoms with van der Waals surface area (Å²) < 4.78 is 10.5. The molecule has 1 aliphatic heterocycles. The van der Waals surface area contributed by atoms with Crippen molar-refractivity contribution in [3.8, 4) is 0 Å². The second kappa shape index (κ2) is 2.34. The molecule has 2 unspecified atom stereocenters. The normalized spacial score (nSPS) is 41.1. The maximum atomic E-state index is 10.5. The van der Waals surface area contributed by atoms with E-state index in [0.29, 0.717) is 0 Å². The van der Waals surface area contributed by atoms with Gasteiger partial charge in [-0.1, -0.05) is 0 Å².